The molecule has 1 saturated heterocycles. The number of nitrogens with zero attached hydrogens (tertiary/aromatic N) is 1. The van der Waals surface area contributed by atoms with Crippen LogP contribution in [0.1, 0.15) is 36.8 Å². The van der Waals surface area contributed by atoms with E-state index in [1.807, 2.05) is 7.11 Å². The highest BCUT2D eigenvalue weighted by Crippen LogP contribution is 2.56. The van der Waals surface area contributed by atoms with Crippen molar-refractivity contribution >= 4 is 0 Å². The third kappa shape index (κ3) is 2.37. The van der Waals surface area contributed by atoms with Crippen molar-refractivity contribution in [1.29, 1.82) is 0 Å². The lowest BCUT2D eigenvalue weighted by Gasteiger charge is -2.44. The Balaban J connectivity index is 1.99. The van der Waals surface area contributed by atoms with E-state index in [1.165, 1.54) is 16.7 Å². The average Bonchev–Trinajstić information content (AvgIpc) is 2.98. The first-order valence-electron chi connectivity index (χ1n) is 9.49. The van der Waals surface area contributed by atoms with Crippen LogP contribution in [0.2, 0.25) is 0 Å². The number of hydrogen-bond donors (Lipinski definition) is 0. The van der Waals surface area contributed by atoms with Gasteiger partial charge in [-0.1, -0.05) is 6.08 Å². The fraction of sp³-hybridized carbons (Fsp3) is 0.619. The molecule has 1 spiro atoms. The summed E-state index contributed by atoms with van der Waals surface area (Å²) in [6, 6.07) is 2.19. The van der Waals surface area contributed by atoms with Gasteiger partial charge in [0.05, 0.1) is 33.0 Å². The zero-order chi connectivity index (χ0) is 18.3. The molecule has 1 aliphatic carbocycles. The first kappa shape index (κ1) is 17.7. The van der Waals surface area contributed by atoms with Crippen molar-refractivity contribution in [2.24, 2.45) is 0 Å². The van der Waals surface area contributed by atoms with E-state index >= 15 is 0 Å². The summed E-state index contributed by atoms with van der Waals surface area (Å²) in [7, 11) is 6.92. The molecule has 1 fully saturated rings. The molecule has 0 aromatic heterocycles. The SMILES string of the molecule is COc1cc2c(c(OC)c1OC)CCCN1CCC3=CC[C@H](OC)CC321. The van der Waals surface area contributed by atoms with Gasteiger partial charge in [-0.2, -0.15) is 0 Å². The number of fused-ring (bicyclic) bond motifs is 1. The van der Waals surface area contributed by atoms with E-state index in [0.29, 0.717) is 5.75 Å². The lowest BCUT2D eigenvalue weighted by atomic mass is 9.73. The van der Waals surface area contributed by atoms with Gasteiger partial charge in [-0.3, -0.25) is 4.90 Å². The van der Waals surface area contributed by atoms with E-state index in [9.17, 15) is 0 Å². The van der Waals surface area contributed by atoms with Crippen LogP contribution in [0.3, 0.4) is 0 Å². The van der Waals surface area contributed by atoms with Crippen LogP contribution in [-0.2, 0) is 16.7 Å². The Labute approximate surface area is 155 Å². The van der Waals surface area contributed by atoms with Gasteiger partial charge in [-0.25, -0.2) is 0 Å². The molecule has 3 aliphatic rings. The molecule has 142 valence electrons. The van der Waals surface area contributed by atoms with Crippen molar-refractivity contribution in [3.63, 3.8) is 0 Å². The number of benzene rings is 1. The maximum absolute atomic E-state index is 5.84. The zero-order valence-electron chi connectivity index (χ0n) is 16.3. The quantitative estimate of drug-likeness (QED) is 0.772. The highest BCUT2D eigenvalue weighted by Gasteiger charge is 2.51. The van der Waals surface area contributed by atoms with Crippen molar-refractivity contribution in [3.8, 4) is 17.2 Å². The van der Waals surface area contributed by atoms with Gasteiger partial charge in [0.15, 0.2) is 11.5 Å². The molecular weight excluding hydrogens is 330 g/mol. The second-order valence-corrected chi connectivity index (χ2v) is 7.40. The van der Waals surface area contributed by atoms with Crippen LogP contribution in [0.15, 0.2) is 17.7 Å². The minimum absolute atomic E-state index is 0.0996. The predicted octanol–water partition coefficient (Wildman–Crippen LogP) is 3.29. The molecule has 5 heteroatoms. The van der Waals surface area contributed by atoms with E-state index in [2.05, 4.69) is 17.0 Å². The van der Waals surface area contributed by atoms with E-state index in [1.54, 1.807) is 21.3 Å². The molecule has 4 rings (SSSR count). The summed E-state index contributed by atoms with van der Waals surface area (Å²) in [6.07, 6.45) is 7.88. The second-order valence-electron chi connectivity index (χ2n) is 7.40. The zero-order valence-corrected chi connectivity index (χ0v) is 16.3. The lowest BCUT2D eigenvalue weighted by Crippen LogP contribution is -2.46. The van der Waals surface area contributed by atoms with Gasteiger partial charge in [-0.05, 0) is 49.4 Å². The lowest BCUT2D eigenvalue weighted by molar-refractivity contribution is 0.0346. The molecule has 0 N–H and O–H groups in total. The van der Waals surface area contributed by atoms with Crippen LogP contribution < -0.4 is 14.2 Å². The summed E-state index contributed by atoms with van der Waals surface area (Å²) >= 11 is 0. The minimum atomic E-state index is -0.0996. The summed E-state index contributed by atoms with van der Waals surface area (Å²) in [5.41, 5.74) is 4.01. The highest BCUT2D eigenvalue weighted by atomic mass is 16.5. The van der Waals surface area contributed by atoms with Gasteiger partial charge >= 0.3 is 0 Å². The third-order valence-electron chi connectivity index (χ3n) is 6.44. The monoisotopic (exact) mass is 359 g/mol. The molecule has 2 aliphatic heterocycles. The van der Waals surface area contributed by atoms with Crippen molar-refractivity contribution < 1.29 is 18.9 Å². The topological polar surface area (TPSA) is 40.2 Å². The number of methoxy groups -OCH3 is 4. The second kappa shape index (κ2) is 6.78. The minimum Gasteiger partial charge on any atom is -0.493 e. The molecule has 1 aromatic rings. The largest absolute Gasteiger partial charge is 0.493 e. The molecule has 26 heavy (non-hydrogen) atoms. The smallest absolute Gasteiger partial charge is 0.203 e. The first-order chi connectivity index (χ1) is 12.7. The molecule has 0 radical (unpaired) electrons. The normalized spacial score (nSPS) is 27.7. The molecule has 1 unspecified atom stereocenters. The van der Waals surface area contributed by atoms with Crippen LogP contribution in [0.25, 0.3) is 0 Å². The standard InChI is InChI=1S/C21H29NO4/c1-23-15-8-7-14-9-11-22-10-5-6-16-17(21(14,22)13-15)12-18(24-2)20(26-4)19(16)25-3/h7,12,15H,5-6,8-11,13H2,1-4H3/t15-,21?/m0/s1. The van der Waals surface area contributed by atoms with Crippen molar-refractivity contribution in [2.75, 3.05) is 41.5 Å². The van der Waals surface area contributed by atoms with Crippen molar-refractivity contribution in [3.05, 3.63) is 28.8 Å². The Bertz CT molecular complexity index is 729. The Morgan fingerprint density at radius 1 is 1.00 bits per heavy atom. The molecule has 2 atom stereocenters. The number of hydrogen-bond acceptors (Lipinski definition) is 5. The summed E-state index contributed by atoms with van der Waals surface area (Å²) in [6.45, 7) is 2.20. The summed E-state index contributed by atoms with van der Waals surface area (Å²) in [5.74, 6) is 2.26. The molecule has 0 amide bonds. The van der Waals surface area contributed by atoms with Crippen molar-refractivity contribution in [1.82, 2.24) is 4.90 Å². The van der Waals surface area contributed by atoms with Crippen LogP contribution >= 0.6 is 0 Å². The van der Waals surface area contributed by atoms with Crippen LogP contribution in [0.5, 0.6) is 17.2 Å². The van der Waals surface area contributed by atoms with Crippen LogP contribution in [-0.4, -0.2) is 52.5 Å². The van der Waals surface area contributed by atoms with Gasteiger partial charge in [-0.15, -0.1) is 0 Å². The van der Waals surface area contributed by atoms with Gasteiger partial charge in [0.1, 0.15) is 0 Å². The molecule has 0 bridgehead atoms. The average molecular weight is 359 g/mol. The van der Waals surface area contributed by atoms with Gasteiger partial charge in [0.2, 0.25) is 5.75 Å². The third-order valence-corrected chi connectivity index (χ3v) is 6.44. The Kier molecular flexibility index (Phi) is 4.61. The fourth-order valence-electron chi connectivity index (χ4n) is 5.29. The van der Waals surface area contributed by atoms with E-state index in [-0.39, 0.29) is 11.6 Å². The Hall–Kier alpha value is -1.72. The van der Waals surface area contributed by atoms with Gasteiger partial charge in [0, 0.05) is 25.6 Å². The molecule has 0 saturated carbocycles. The maximum atomic E-state index is 5.84. The molecule has 1 aromatic carbocycles. The van der Waals surface area contributed by atoms with Gasteiger partial charge < -0.3 is 18.9 Å². The Morgan fingerprint density at radius 2 is 1.81 bits per heavy atom. The van der Waals surface area contributed by atoms with E-state index in [4.69, 9.17) is 18.9 Å². The maximum Gasteiger partial charge on any atom is 0.203 e. The van der Waals surface area contributed by atoms with Crippen molar-refractivity contribution in [2.45, 2.75) is 43.7 Å². The van der Waals surface area contributed by atoms with Crippen LogP contribution in [0.4, 0.5) is 0 Å². The summed E-state index contributed by atoms with van der Waals surface area (Å²) in [5, 5.41) is 0. The number of rotatable bonds is 4. The molecular formula is C21H29NO4. The number of ether oxygens (including phenoxy) is 4. The molecule has 2 heterocycles. The van der Waals surface area contributed by atoms with E-state index in [0.717, 1.165) is 56.7 Å². The Morgan fingerprint density at radius 3 is 2.50 bits per heavy atom. The van der Waals surface area contributed by atoms with Crippen LogP contribution in [0, 0.1) is 0 Å². The first-order valence-corrected chi connectivity index (χ1v) is 9.49. The summed E-state index contributed by atoms with van der Waals surface area (Å²) in [4.78, 5) is 2.65. The fourth-order valence-corrected chi connectivity index (χ4v) is 5.29. The molecule has 5 nitrogen and oxygen atoms in total. The summed E-state index contributed by atoms with van der Waals surface area (Å²) < 4.78 is 23.0. The van der Waals surface area contributed by atoms with Gasteiger partial charge in [0.25, 0.3) is 0 Å². The van der Waals surface area contributed by atoms with E-state index < -0.39 is 0 Å². The highest BCUT2D eigenvalue weighted by molar-refractivity contribution is 5.63. The predicted molar refractivity (Wildman–Crippen MR) is 100 cm³/mol.